The van der Waals surface area contributed by atoms with Crippen LogP contribution in [0.15, 0.2) is 48.5 Å². The molecule has 4 heteroatoms. The molecule has 2 heterocycles. The molecule has 2 aromatic carbocycles. The second-order valence-electron chi connectivity index (χ2n) is 6.66. The van der Waals surface area contributed by atoms with Crippen molar-refractivity contribution in [1.29, 1.82) is 0 Å². The van der Waals surface area contributed by atoms with Gasteiger partial charge in [0.25, 0.3) is 5.91 Å². The number of fused-ring (bicyclic) bond motifs is 1. The Morgan fingerprint density at radius 3 is 2.76 bits per heavy atom. The molecule has 2 aliphatic heterocycles. The van der Waals surface area contributed by atoms with Crippen molar-refractivity contribution in [2.24, 2.45) is 0 Å². The highest BCUT2D eigenvalue weighted by Gasteiger charge is 2.23. The van der Waals surface area contributed by atoms with E-state index in [4.69, 9.17) is 9.47 Å². The average molecular weight is 337 g/mol. The van der Waals surface area contributed by atoms with Gasteiger partial charge in [-0.3, -0.25) is 4.79 Å². The molecule has 25 heavy (non-hydrogen) atoms. The number of para-hydroxylation sites is 1. The van der Waals surface area contributed by atoms with E-state index in [-0.39, 0.29) is 12.0 Å². The van der Waals surface area contributed by atoms with E-state index < -0.39 is 0 Å². The van der Waals surface area contributed by atoms with Crippen LogP contribution in [-0.4, -0.2) is 31.8 Å². The van der Waals surface area contributed by atoms with Gasteiger partial charge in [-0.2, -0.15) is 0 Å². The van der Waals surface area contributed by atoms with Gasteiger partial charge in [0, 0.05) is 24.4 Å². The lowest BCUT2D eigenvalue weighted by Gasteiger charge is -2.29. The molecular weight excluding hydrogens is 314 g/mol. The van der Waals surface area contributed by atoms with Crippen molar-refractivity contribution >= 4 is 11.6 Å². The molecule has 0 unspecified atom stereocenters. The molecule has 2 aliphatic rings. The minimum absolute atomic E-state index is 0.0535. The molecule has 0 aliphatic carbocycles. The standard InChI is InChI=1S/C21H23NO3/c23-21(22-13-3-6-16-5-1-2-8-20(16)22)17-9-11-18(12-10-17)25-15-19-7-4-14-24-19/h1-2,5,8-12,19H,3-4,6-7,13-15H2/t19-/m0/s1. The molecule has 0 N–H and O–H groups in total. The number of anilines is 1. The van der Waals surface area contributed by atoms with Crippen molar-refractivity contribution < 1.29 is 14.3 Å². The van der Waals surface area contributed by atoms with E-state index in [0.29, 0.717) is 12.2 Å². The van der Waals surface area contributed by atoms with Crippen LogP contribution >= 0.6 is 0 Å². The first-order chi connectivity index (χ1) is 12.3. The van der Waals surface area contributed by atoms with Gasteiger partial charge >= 0.3 is 0 Å². The SMILES string of the molecule is O=C(c1ccc(OC[C@@H]2CCCO2)cc1)N1CCCc2ccccc21. The Morgan fingerprint density at radius 1 is 1.12 bits per heavy atom. The number of carbonyl (C=O) groups excluding carboxylic acids is 1. The van der Waals surface area contributed by atoms with Crippen LogP contribution in [0.25, 0.3) is 0 Å². The number of hydrogen-bond donors (Lipinski definition) is 0. The lowest BCUT2D eigenvalue weighted by atomic mass is 10.0. The van der Waals surface area contributed by atoms with Gasteiger partial charge in [-0.15, -0.1) is 0 Å². The summed E-state index contributed by atoms with van der Waals surface area (Å²) in [6.07, 6.45) is 4.41. The van der Waals surface area contributed by atoms with Gasteiger partial charge in [0.2, 0.25) is 0 Å². The van der Waals surface area contributed by atoms with E-state index in [9.17, 15) is 4.79 Å². The molecule has 1 amide bonds. The molecule has 4 rings (SSSR count). The predicted octanol–water partition coefficient (Wildman–Crippen LogP) is 3.84. The van der Waals surface area contributed by atoms with Gasteiger partial charge in [-0.05, 0) is 61.6 Å². The topological polar surface area (TPSA) is 38.8 Å². The monoisotopic (exact) mass is 337 g/mol. The summed E-state index contributed by atoms with van der Waals surface area (Å²) in [6.45, 7) is 2.18. The van der Waals surface area contributed by atoms with E-state index in [1.54, 1.807) is 0 Å². The van der Waals surface area contributed by atoms with Crippen molar-refractivity contribution in [3.63, 3.8) is 0 Å². The summed E-state index contributed by atoms with van der Waals surface area (Å²) in [6, 6.07) is 15.6. The van der Waals surface area contributed by atoms with Crippen molar-refractivity contribution in [2.45, 2.75) is 31.8 Å². The minimum atomic E-state index is 0.0535. The Balaban J connectivity index is 1.44. The van der Waals surface area contributed by atoms with Crippen molar-refractivity contribution in [1.82, 2.24) is 0 Å². The Morgan fingerprint density at radius 2 is 1.96 bits per heavy atom. The van der Waals surface area contributed by atoms with E-state index >= 15 is 0 Å². The van der Waals surface area contributed by atoms with E-state index in [0.717, 1.165) is 50.3 Å². The summed E-state index contributed by atoms with van der Waals surface area (Å²) in [7, 11) is 0. The number of rotatable bonds is 4. The largest absolute Gasteiger partial charge is 0.491 e. The highest BCUT2D eigenvalue weighted by molar-refractivity contribution is 6.06. The van der Waals surface area contributed by atoms with Crippen LogP contribution in [0.2, 0.25) is 0 Å². The van der Waals surface area contributed by atoms with Crippen molar-refractivity contribution in [3.05, 3.63) is 59.7 Å². The molecule has 0 radical (unpaired) electrons. The zero-order valence-corrected chi connectivity index (χ0v) is 14.3. The molecule has 1 fully saturated rings. The van der Waals surface area contributed by atoms with Crippen LogP contribution in [0, 0.1) is 0 Å². The predicted molar refractivity (Wildman–Crippen MR) is 97.4 cm³/mol. The molecule has 0 bridgehead atoms. The Hall–Kier alpha value is -2.33. The number of carbonyl (C=O) groups is 1. The van der Waals surface area contributed by atoms with Crippen LogP contribution < -0.4 is 9.64 Å². The zero-order chi connectivity index (χ0) is 17.1. The van der Waals surface area contributed by atoms with Gasteiger partial charge < -0.3 is 14.4 Å². The zero-order valence-electron chi connectivity index (χ0n) is 14.3. The van der Waals surface area contributed by atoms with E-state index in [1.807, 2.05) is 47.4 Å². The van der Waals surface area contributed by atoms with Gasteiger partial charge in [0.1, 0.15) is 12.4 Å². The first-order valence-electron chi connectivity index (χ1n) is 9.05. The fourth-order valence-electron chi connectivity index (χ4n) is 3.56. The molecule has 4 nitrogen and oxygen atoms in total. The van der Waals surface area contributed by atoms with Gasteiger partial charge in [-0.25, -0.2) is 0 Å². The van der Waals surface area contributed by atoms with Crippen LogP contribution in [0.5, 0.6) is 5.75 Å². The van der Waals surface area contributed by atoms with Crippen molar-refractivity contribution in [2.75, 3.05) is 24.7 Å². The first kappa shape index (κ1) is 16.2. The number of benzene rings is 2. The highest BCUT2D eigenvalue weighted by Crippen LogP contribution is 2.28. The fraction of sp³-hybridized carbons (Fsp3) is 0.381. The summed E-state index contributed by atoms with van der Waals surface area (Å²) < 4.78 is 11.3. The second-order valence-corrected chi connectivity index (χ2v) is 6.66. The quantitative estimate of drug-likeness (QED) is 0.851. The van der Waals surface area contributed by atoms with Gasteiger partial charge in [0.15, 0.2) is 0 Å². The Bertz CT molecular complexity index is 735. The van der Waals surface area contributed by atoms with Crippen LogP contribution in [0.1, 0.15) is 35.2 Å². The maximum absolute atomic E-state index is 12.9. The Labute approximate surface area is 148 Å². The molecule has 1 atom stereocenters. The number of ether oxygens (including phenoxy) is 2. The third-order valence-electron chi connectivity index (χ3n) is 4.92. The third-order valence-corrected chi connectivity index (χ3v) is 4.92. The molecule has 1 saturated heterocycles. The second kappa shape index (κ2) is 7.28. The summed E-state index contributed by atoms with van der Waals surface area (Å²) in [4.78, 5) is 14.8. The maximum atomic E-state index is 12.9. The first-order valence-corrected chi connectivity index (χ1v) is 9.05. The molecule has 0 aromatic heterocycles. The van der Waals surface area contributed by atoms with Crippen molar-refractivity contribution in [3.8, 4) is 5.75 Å². The maximum Gasteiger partial charge on any atom is 0.258 e. The summed E-state index contributed by atoms with van der Waals surface area (Å²) in [5.74, 6) is 0.837. The molecular formula is C21H23NO3. The lowest BCUT2D eigenvalue weighted by molar-refractivity contribution is 0.0679. The normalized spacial score (nSPS) is 19.5. The van der Waals surface area contributed by atoms with Crippen LogP contribution in [0.3, 0.4) is 0 Å². The molecule has 130 valence electrons. The summed E-state index contributed by atoms with van der Waals surface area (Å²) in [5.41, 5.74) is 2.98. The number of nitrogens with zero attached hydrogens (tertiary/aromatic N) is 1. The van der Waals surface area contributed by atoms with Crippen LogP contribution in [-0.2, 0) is 11.2 Å². The van der Waals surface area contributed by atoms with Crippen LogP contribution in [0.4, 0.5) is 5.69 Å². The van der Waals surface area contributed by atoms with E-state index in [2.05, 4.69) is 6.07 Å². The molecule has 0 saturated carbocycles. The summed E-state index contributed by atoms with van der Waals surface area (Å²) >= 11 is 0. The summed E-state index contributed by atoms with van der Waals surface area (Å²) in [5, 5.41) is 0. The number of hydrogen-bond acceptors (Lipinski definition) is 3. The fourth-order valence-corrected chi connectivity index (χ4v) is 3.56. The minimum Gasteiger partial charge on any atom is -0.491 e. The lowest BCUT2D eigenvalue weighted by Crippen LogP contribution is -2.35. The highest BCUT2D eigenvalue weighted by atomic mass is 16.5. The number of aryl methyl sites for hydroxylation is 1. The average Bonchev–Trinajstić information content (AvgIpc) is 3.19. The molecule has 2 aromatic rings. The Kier molecular flexibility index (Phi) is 4.70. The van der Waals surface area contributed by atoms with Gasteiger partial charge in [0.05, 0.1) is 6.10 Å². The molecule has 0 spiro atoms. The van der Waals surface area contributed by atoms with Gasteiger partial charge in [-0.1, -0.05) is 18.2 Å². The number of amides is 1. The van der Waals surface area contributed by atoms with E-state index in [1.165, 1.54) is 5.56 Å². The third kappa shape index (κ3) is 3.54. The smallest absolute Gasteiger partial charge is 0.258 e.